The summed E-state index contributed by atoms with van der Waals surface area (Å²) >= 11 is 6.41. The zero-order valence-electron chi connectivity index (χ0n) is 13.4. The Morgan fingerprint density at radius 2 is 1.79 bits per heavy atom. The van der Waals surface area contributed by atoms with Crippen LogP contribution in [0, 0.1) is 13.8 Å². The second-order valence-corrected chi connectivity index (χ2v) is 6.42. The number of fused-ring (bicyclic) bond motifs is 2. The van der Waals surface area contributed by atoms with Gasteiger partial charge < -0.3 is 10.6 Å². The van der Waals surface area contributed by atoms with Crippen LogP contribution in [-0.4, -0.2) is 10.9 Å². The molecular formula is C19H16ClN3O. The lowest BCUT2D eigenvalue weighted by molar-refractivity contribution is 0.0935. The van der Waals surface area contributed by atoms with E-state index in [9.17, 15) is 4.79 Å². The molecule has 120 valence electrons. The molecule has 1 aliphatic rings. The summed E-state index contributed by atoms with van der Waals surface area (Å²) in [5.41, 5.74) is 5.13. The van der Waals surface area contributed by atoms with Gasteiger partial charge in [-0.3, -0.25) is 4.79 Å². The van der Waals surface area contributed by atoms with E-state index in [-0.39, 0.29) is 5.91 Å². The topological polar surface area (TPSA) is 54.0 Å². The number of hydrogen-bond acceptors (Lipinski definition) is 3. The lowest BCUT2D eigenvalue weighted by atomic mass is 10.0. The number of pyridine rings is 1. The predicted octanol–water partition coefficient (Wildman–Crippen LogP) is 4.36. The summed E-state index contributed by atoms with van der Waals surface area (Å²) in [6, 6.07) is 13.7. The number of anilines is 1. The van der Waals surface area contributed by atoms with Crippen LogP contribution < -0.4 is 10.6 Å². The average Bonchev–Trinajstić information content (AvgIpc) is 2.55. The van der Waals surface area contributed by atoms with Gasteiger partial charge in [-0.05, 0) is 37.1 Å². The molecule has 0 radical (unpaired) electrons. The third-order valence-corrected chi connectivity index (χ3v) is 4.72. The molecule has 0 saturated heterocycles. The highest BCUT2D eigenvalue weighted by Gasteiger charge is 2.27. The van der Waals surface area contributed by atoms with Crippen molar-refractivity contribution in [2.75, 3.05) is 5.32 Å². The van der Waals surface area contributed by atoms with E-state index in [1.165, 1.54) is 0 Å². The van der Waals surface area contributed by atoms with Gasteiger partial charge in [0.05, 0.1) is 11.1 Å². The predicted molar refractivity (Wildman–Crippen MR) is 96.5 cm³/mol. The van der Waals surface area contributed by atoms with Crippen molar-refractivity contribution in [2.24, 2.45) is 0 Å². The van der Waals surface area contributed by atoms with Crippen LogP contribution in [0.3, 0.4) is 0 Å². The third kappa shape index (κ3) is 2.31. The standard InChI is InChI=1S/C19H16ClN3O/c1-10-5-4-8-14-15(10)19(24)23-18(21-14)13-9-12-7-3-6-11(2)16(12)22-17(13)20/h3-9,18,21H,1-2H3,(H,23,24). The summed E-state index contributed by atoms with van der Waals surface area (Å²) in [5.74, 6) is -0.104. The molecule has 0 saturated carbocycles. The molecule has 24 heavy (non-hydrogen) atoms. The second kappa shape index (κ2) is 5.49. The number of carbonyl (C=O) groups is 1. The van der Waals surface area contributed by atoms with Crippen molar-refractivity contribution in [3.63, 3.8) is 0 Å². The van der Waals surface area contributed by atoms with Gasteiger partial charge in [0.1, 0.15) is 11.3 Å². The van der Waals surface area contributed by atoms with E-state index in [1.807, 2.05) is 56.3 Å². The number of aromatic nitrogens is 1. The fraction of sp³-hybridized carbons (Fsp3) is 0.158. The molecule has 1 aromatic heterocycles. The Hall–Kier alpha value is -2.59. The Morgan fingerprint density at radius 3 is 2.62 bits per heavy atom. The van der Waals surface area contributed by atoms with Crippen molar-refractivity contribution < 1.29 is 4.79 Å². The highest BCUT2D eigenvalue weighted by molar-refractivity contribution is 6.30. The molecule has 1 aliphatic heterocycles. The normalized spacial score (nSPS) is 16.5. The number of benzene rings is 2. The van der Waals surface area contributed by atoms with Gasteiger partial charge in [0.25, 0.3) is 5.91 Å². The quantitative estimate of drug-likeness (QED) is 0.649. The first-order valence-corrected chi connectivity index (χ1v) is 8.15. The molecule has 2 N–H and O–H groups in total. The first-order chi connectivity index (χ1) is 11.5. The Bertz CT molecular complexity index is 984. The van der Waals surface area contributed by atoms with Crippen molar-refractivity contribution in [1.82, 2.24) is 10.3 Å². The highest BCUT2D eigenvalue weighted by Crippen LogP contribution is 2.32. The van der Waals surface area contributed by atoms with Crippen LogP contribution >= 0.6 is 11.6 Å². The fourth-order valence-electron chi connectivity index (χ4n) is 3.18. The van der Waals surface area contributed by atoms with E-state index >= 15 is 0 Å². The molecule has 1 atom stereocenters. The van der Waals surface area contributed by atoms with Crippen LogP contribution in [0.15, 0.2) is 42.5 Å². The highest BCUT2D eigenvalue weighted by atomic mass is 35.5. The minimum atomic E-state index is -0.406. The van der Waals surface area contributed by atoms with Gasteiger partial charge in [-0.25, -0.2) is 4.98 Å². The molecule has 1 amide bonds. The summed E-state index contributed by atoms with van der Waals surface area (Å²) in [6.45, 7) is 3.93. The summed E-state index contributed by atoms with van der Waals surface area (Å²) in [5, 5.41) is 7.72. The summed E-state index contributed by atoms with van der Waals surface area (Å²) in [7, 11) is 0. The maximum absolute atomic E-state index is 12.5. The Kier molecular flexibility index (Phi) is 3.43. The monoisotopic (exact) mass is 337 g/mol. The molecular weight excluding hydrogens is 322 g/mol. The van der Waals surface area contributed by atoms with Crippen LogP contribution in [0.2, 0.25) is 5.15 Å². The number of aryl methyl sites for hydroxylation is 2. The van der Waals surface area contributed by atoms with E-state index in [0.717, 1.165) is 33.3 Å². The minimum Gasteiger partial charge on any atom is -0.361 e. The molecule has 0 spiro atoms. The van der Waals surface area contributed by atoms with Crippen LogP contribution in [0.5, 0.6) is 0 Å². The van der Waals surface area contributed by atoms with Crippen molar-refractivity contribution >= 4 is 34.1 Å². The second-order valence-electron chi connectivity index (χ2n) is 6.06. The molecule has 2 aromatic carbocycles. The SMILES string of the molecule is Cc1cccc2c1C(=O)NC(c1cc3cccc(C)c3nc1Cl)N2. The Balaban J connectivity index is 1.81. The zero-order chi connectivity index (χ0) is 16.8. The lowest BCUT2D eigenvalue weighted by Crippen LogP contribution is -2.39. The summed E-state index contributed by atoms with van der Waals surface area (Å²) in [6.07, 6.45) is -0.406. The molecule has 5 heteroatoms. The Morgan fingerprint density at radius 1 is 1.04 bits per heavy atom. The van der Waals surface area contributed by atoms with Crippen molar-refractivity contribution in [1.29, 1.82) is 0 Å². The summed E-state index contributed by atoms with van der Waals surface area (Å²) < 4.78 is 0. The zero-order valence-corrected chi connectivity index (χ0v) is 14.1. The number of halogens is 1. The smallest absolute Gasteiger partial charge is 0.255 e. The number of nitrogens with one attached hydrogen (secondary N) is 2. The lowest BCUT2D eigenvalue weighted by Gasteiger charge is -2.29. The molecule has 0 aliphatic carbocycles. The Labute approximate surface area is 144 Å². The largest absolute Gasteiger partial charge is 0.361 e. The number of carbonyl (C=O) groups excluding carboxylic acids is 1. The van der Waals surface area contributed by atoms with Crippen LogP contribution in [0.25, 0.3) is 10.9 Å². The molecule has 1 unspecified atom stereocenters. The average molecular weight is 338 g/mol. The molecule has 4 nitrogen and oxygen atoms in total. The van der Waals surface area contributed by atoms with Crippen molar-refractivity contribution in [3.8, 4) is 0 Å². The van der Waals surface area contributed by atoms with Crippen LogP contribution in [0.4, 0.5) is 5.69 Å². The van der Waals surface area contributed by atoms with Crippen LogP contribution in [-0.2, 0) is 0 Å². The number of hydrogen-bond donors (Lipinski definition) is 2. The molecule has 0 fully saturated rings. The first kappa shape index (κ1) is 15.0. The minimum absolute atomic E-state index is 0.104. The number of nitrogens with zero attached hydrogens (tertiary/aromatic N) is 1. The first-order valence-electron chi connectivity index (χ1n) is 7.77. The number of para-hydroxylation sites is 1. The molecule has 3 aromatic rings. The van der Waals surface area contributed by atoms with E-state index in [1.54, 1.807) is 0 Å². The number of rotatable bonds is 1. The molecule has 4 rings (SSSR count). The van der Waals surface area contributed by atoms with Gasteiger partial charge in [0, 0.05) is 16.6 Å². The maximum Gasteiger partial charge on any atom is 0.255 e. The van der Waals surface area contributed by atoms with Gasteiger partial charge in [-0.1, -0.05) is 41.9 Å². The van der Waals surface area contributed by atoms with Crippen LogP contribution in [0.1, 0.15) is 33.2 Å². The van der Waals surface area contributed by atoms with Crippen molar-refractivity contribution in [2.45, 2.75) is 20.0 Å². The molecule has 2 heterocycles. The van der Waals surface area contributed by atoms with Gasteiger partial charge in [-0.2, -0.15) is 0 Å². The van der Waals surface area contributed by atoms with E-state index in [0.29, 0.717) is 10.7 Å². The van der Waals surface area contributed by atoms with Gasteiger partial charge in [0.2, 0.25) is 0 Å². The number of amides is 1. The molecule has 0 bridgehead atoms. The van der Waals surface area contributed by atoms with Gasteiger partial charge >= 0.3 is 0 Å². The van der Waals surface area contributed by atoms with Gasteiger partial charge in [0.15, 0.2) is 0 Å². The fourth-order valence-corrected chi connectivity index (χ4v) is 3.43. The van der Waals surface area contributed by atoms with E-state index < -0.39 is 6.17 Å². The summed E-state index contributed by atoms with van der Waals surface area (Å²) in [4.78, 5) is 17.0. The van der Waals surface area contributed by atoms with Crippen molar-refractivity contribution in [3.05, 3.63) is 69.9 Å². The van der Waals surface area contributed by atoms with Gasteiger partial charge in [-0.15, -0.1) is 0 Å². The third-order valence-electron chi connectivity index (χ3n) is 4.41. The van der Waals surface area contributed by atoms with E-state index in [4.69, 9.17) is 11.6 Å². The maximum atomic E-state index is 12.5. The van der Waals surface area contributed by atoms with E-state index in [2.05, 4.69) is 15.6 Å².